The highest BCUT2D eigenvalue weighted by Gasteiger charge is 2.27. The van der Waals surface area contributed by atoms with Crippen molar-refractivity contribution in [1.29, 1.82) is 0 Å². The lowest BCUT2D eigenvalue weighted by Crippen LogP contribution is -2.27. The van der Waals surface area contributed by atoms with E-state index in [0.29, 0.717) is 18.2 Å². The van der Waals surface area contributed by atoms with E-state index in [2.05, 4.69) is 0 Å². The van der Waals surface area contributed by atoms with E-state index in [1.54, 1.807) is 36.4 Å². The van der Waals surface area contributed by atoms with Crippen molar-refractivity contribution in [2.24, 2.45) is 5.73 Å². The van der Waals surface area contributed by atoms with Gasteiger partial charge in [0.2, 0.25) is 0 Å². The number of ether oxygens (including phenoxy) is 2. The number of nitrogens with two attached hydrogens (primary N) is 1. The van der Waals surface area contributed by atoms with Crippen molar-refractivity contribution in [3.63, 3.8) is 0 Å². The Bertz CT molecular complexity index is 989. The lowest BCUT2D eigenvalue weighted by Gasteiger charge is -2.13. The highest BCUT2D eigenvalue weighted by atomic mass is 32.1. The average Bonchev–Trinajstić information content (AvgIpc) is 3.36. The van der Waals surface area contributed by atoms with Crippen molar-refractivity contribution in [2.45, 2.75) is 44.9 Å². The minimum absolute atomic E-state index is 0.0275. The van der Waals surface area contributed by atoms with Crippen LogP contribution in [-0.4, -0.2) is 34.0 Å². The molecule has 5 nitrogen and oxygen atoms in total. The first kappa shape index (κ1) is 29.4. The Hall–Kier alpha value is -2.82. The van der Waals surface area contributed by atoms with E-state index >= 15 is 0 Å². The van der Waals surface area contributed by atoms with Gasteiger partial charge in [0.1, 0.15) is 28.5 Å². The van der Waals surface area contributed by atoms with Gasteiger partial charge in [-0.05, 0) is 65.9 Å². The van der Waals surface area contributed by atoms with E-state index in [1.807, 2.05) is 0 Å². The Morgan fingerprint density at radius 1 is 0.778 bits per heavy atom. The van der Waals surface area contributed by atoms with E-state index in [1.165, 1.54) is 36.4 Å². The molecule has 194 valence electrons. The molecule has 4 N–H and O–H groups in total. The molecule has 1 aliphatic rings. The number of hydrogen-bond acceptors (Lipinski definition) is 5. The summed E-state index contributed by atoms with van der Waals surface area (Å²) in [6.45, 7) is 0.912. The fraction of sp³-hybridized carbons (Fsp3) is 0.296. The molecular weight excluding hydrogens is 491 g/mol. The van der Waals surface area contributed by atoms with Gasteiger partial charge in [-0.2, -0.15) is 0 Å². The monoisotopic (exact) mass is 521 g/mol. The number of halogens is 3. The Labute approximate surface area is 214 Å². The van der Waals surface area contributed by atoms with Gasteiger partial charge in [-0.1, -0.05) is 48.6 Å². The molecule has 1 saturated heterocycles. The van der Waals surface area contributed by atoms with Crippen LogP contribution in [0, 0.1) is 17.5 Å². The molecule has 1 heterocycles. The molecule has 0 radical (unpaired) electrons. The zero-order chi connectivity index (χ0) is 26.3. The molecule has 3 aromatic carbocycles. The first-order valence-corrected chi connectivity index (χ1v) is 11.7. The summed E-state index contributed by atoms with van der Waals surface area (Å²) in [4.78, 5) is 0.413. The summed E-state index contributed by atoms with van der Waals surface area (Å²) in [6.07, 6.45) is 1.71. The van der Waals surface area contributed by atoms with Crippen LogP contribution in [-0.2, 0) is 29.3 Å². The van der Waals surface area contributed by atoms with Gasteiger partial charge in [0.05, 0.1) is 32.5 Å². The number of hydrogen-bond donors (Lipinski definition) is 3. The van der Waals surface area contributed by atoms with Crippen LogP contribution in [0.2, 0.25) is 0 Å². The smallest absolute Gasteiger partial charge is 0.123 e. The molecule has 0 aliphatic carbocycles. The third-order valence-electron chi connectivity index (χ3n) is 5.10. The lowest BCUT2D eigenvalue weighted by atomic mass is 10.2. The molecule has 9 heteroatoms. The van der Waals surface area contributed by atoms with Gasteiger partial charge in [0, 0.05) is 0 Å². The van der Waals surface area contributed by atoms with Crippen LogP contribution < -0.4 is 5.73 Å². The number of thiocarbonyl (C=S) groups is 1. The minimum Gasteiger partial charge on any atom is -0.392 e. The van der Waals surface area contributed by atoms with Crippen LogP contribution in [0.3, 0.4) is 0 Å². The largest absolute Gasteiger partial charge is 0.392 e. The molecule has 1 fully saturated rings. The van der Waals surface area contributed by atoms with E-state index in [-0.39, 0.29) is 42.9 Å². The molecule has 0 aromatic heterocycles. The maximum atomic E-state index is 12.7. The third kappa shape index (κ3) is 11.3. The second-order valence-corrected chi connectivity index (χ2v) is 8.41. The molecule has 36 heavy (non-hydrogen) atoms. The second-order valence-electron chi connectivity index (χ2n) is 7.94. The van der Waals surface area contributed by atoms with Gasteiger partial charge in [-0.25, -0.2) is 13.2 Å². The van der Waals surface area contributed by atoms with Gasteiger partial charge in [0.25, 0.3) is 0 Å². The van der Waals surface area contributed by atoms with Crippen LogP contribution in [0.25, 0.3) is 0 Å². The second kappa shape index (κ2) is 16.0. The first-order valence-electron chi connectivity index (χ1n) is 11.3. The zero-order valence-corrected chi connectivity index (χ0v) is 20.5. The zero-order valence-electron chi connectivity index (χ0n) is 19.7. The van der Waals surface area contributed by atoms with E-state index in [9.17, 15) is 13.2 Å². The fourth-order valence-corrected chi connectivity index (χ4v) is 3.28. The normalized spacial score (nSPS) is 16.4. The van der Waals surface area contributed by atoms with Gasteiger partial charge in [-0.15, -0.1) is 0 Å². The number of rotatable bonds is 7. The Morgan fingerprint density at radius 2 is 1.19 bits per heavy atom. The third-order valence-corrected chi connectivity index (χ3v) is 5.37. The van der Waals surface area contributed by atoms with Gasteiger partial charge in [-0.3, -0.25) is 0 Å². The van der Waals surface area contributed by atoms with Crippen LogP contribution in [0.1, 0.15) is 29.5 Å². The summed E-state index contributed by atoms with van der Waals surface area (Å²) in [5.74, 6) is -0.781. The van der Waals surface area contributed by atoms with Crippen molar-refractivity contribution in [3.05, 3.63) is 107 Å². The van der Waals surface area contributed by atoms with Gasteiger partial charge >= 0.3 is 0 Å². The van der Waals surface area contributed by atoms with E-state index < -0.39 is 0 Å². The molecule has 3 aromatic rings. The predicted octanol–water partition coefficient (Wildman–Crippen LogP) is 4.81. The molecule has 1 aliphatic heterocycles. The summed E-state index contributed by atoms with van der Waals surface area (Å²) in [6, 6.07) is 17.8. The lowest BCUT2D eigenvalue weighted by molar-refractivity contribution is -0.00198. The molecular formula is C27H30F3NO4S. The first-order chi connectivity index (χ1) is 17.3. The molecule has 0 bridgehead atoms. The summed E-state index contributed by atoms with van der Waals surface area (Å²) < 4.78 is 48.1. The highest BCUT2D eigenvalue weighted by Crippen LogP contribution is 2.20. The number of aliphatic hydroxyl groups excluding tert-OH is 2. The summed E-state index contributed by atoms with van der Waals surface area (Å²) in [7, 11) is 0. The minimum atomic E-state index is -0.271. The molecule has 0 amide bonds. The summed E-state index contributed by atoms with van der Waals surface area (Å²) in [5, 5.41) is 17.0. The Morgan fingerprint density at radius 3 is 1.56 bits per heavy atom. The van der Waals surface area contributed by atoms with Gasteiger partial charge in [0.15, 0.2) is 0 Å². The average molecular weight is 522 g/mol. The topological polar surface area (TPSA) is 84.9 Å². The van der Waals surface area contributed by atoms with Crippen molar-refractivity contribution >= 4 is 17.2 Å². The molecule has 0 unspecified atom stereocenters. The number of aliphatic hydroxyl groups is 2. The highest BCUT2D eigenvalue weighted by molar-refractivity contribution is 7.80. The van der Waals surface area contributed by atoms with Crippen LogP contribution in [0.4, 0.5) is 13.2 Å². The Balaban J connectivity index is 0.000000212. The maximum Gasteiger partial charge on any atom is 0.123 e. The van der Waals surface area contributed by atoms with Crippen molar-refractivity contribution in [1.82, 2.24) is 0 Å². The van der Waals surface area contributed by atoms with Crippen LogP contribution in [0.5, 0.6) is 0 Å². The van der Waals surface area contributed by atoms with Crippen molar-refractivity contribution in [3.8, 4) is 0 Å². The standard InChI is InChI=1S/C13H16FNO2S.2C7H7FO/c14-10-3-1-9(2-4-10)7-16-8-11-5-6-12(17-11)13(15)18;2*8-7-3-1-6(5-9)2-4-7/h1-4,11-12H,5-8H2,(H2,15,18);2*1-4,9H,5H2/t11-,12+;;/m0../s1. The maximum absolute atomic E-state index is 12.7. The fourth-order valence-electron chi connectivity index (χ4n) is 3.11. The van der Waals surface area contributed by atoms with Gasteiger partial charge < -0.3 is 25.4 Å². The molecule has 0 spiro atoms. The van der Waals surface area contributed by atoms with Crippen LogP contribution >= 0.6 is 12.2 Å². The number of benzene rings is 3. The summed E-state index contributed by atoms with van der Waals surface area (Å²) >= 11 is 4.89. The molecule has 2 atom stereocenters. The van der Waals surface area contributed by atoms with Crippen LogP contribution in [0.15, 0.2) is 72.8 Å². The quantitative estimate of drug-likeness (QED) is 0.387. The SMILES string of the molecule is NC(=S)[C@H]1CC[C@@H](COCc2ccc(F)cc2)O1.OCc1ccc(F)cc1.OCc1ccc(F)cc1. The molecule has 4 rings (SSSR count). The van der Waals surface area contributed by atoms with Crippen molar-refractivity contribution < 1.29 is 32.9 Å². The van der Waals surface area contributed by atoms with E-state index in [4.69, 9.17) is 37.6 Å². The predicted molar refractivity (Wildman–Crippen MR) is 135 cm³/mol. The molecule has 0 saturated carbocycles. The summed E-state index contributed by atoms with van der Waals surface area (Å²) in [5.41, 5.74) is 7.93. The van der Waals surface area contributed by atoms with Crippen molar-refractivity contribution in [2.75, 3.05) is 6.61 Å². The van der Waals surface area contributed by atoms with E-state index in [0.717, 1.165) is 29.5 Å². The Kier molecular flexibility index (Phi) is 13.1.